The molecule has 4 heteroatoms. The van der Waals surface area contributed by atoms with Crippen LogP contribution in [0.1, 0.15) is 43.0 Å². The number of esters is 1. The Labute approximate surface area is 114 Å². The average molecular weight is 266 g/mol. The first-order valence-corrected chi connectivity index (χ1v) is 6.62. The molecule has 1 aromatic carbocycles. The maximum atomic E-state index is 11.7. The third kappa shape index (κ3) is 4.47. The molecular weight excluding hydrogens is 244 g/mol. The summed E-state index contributed by atoms with van der Waals surface area (Å²) in [7, 11) is 2.91. The Balaban J connectivity index is 2.75. The lowest BCUT2D eigenvalue weighted by Gasteiger charge is -2.13. The van der Waals surface area contributed by atoms with Gasteiger partial charge in [-0.3, -0.25) is 0 Å². The Morgan fingerprint density at radius 3 is 2.58 bits per heavy atom. The van der Waals surface area contributed by atoms with Gasteiger partial charge in [0.2, 0.25) is 0 Å². The number of para-hydroxylation sites is 1. The molecule has 1 aromatic rings. The zero-order chi connectivity index (χ0) is 14.1. The van der Waals surface area contributed by atoms with Crippen molar-refractivity contribution in [2.24, 2.45) is 0 Å². The highest BCUT2D eigenvalue weighted by Crippen LogP contribution is 2.31. The highest BCUT2D eigenvalue weighted by molar-refractivity contribution is 5.93. The van der Waals surface area contributed by atoms with Crippen molar-refractivity contribution >= 4 is 5.97 Å². The molecule has 19 heavy (non-hydrogen) atoms. The standard InChI is InChI=1S/C15H22O4/c1-4-5-6-7-11-19-14-12(15(16)18-3)9-8-10-13(14)17-2/h8-10H,4-7,11H2,1-3H3. The van der Waals surface area contributed by atoms with Gasteiger partial charge in [0.15, 0.2) is 11.5 Å². The molecule has 0 heterocycles. The summed E-state index contributed by atoms with van der Waals surface area (Å²) in [5.41, 5.74) is 0.400. The maximum Gasteiger partial charge on any atom is 0.341 e. The van der Waals surface area contributed by atoms with Crippen molar-refractivity contribution in [1.82, 2.24) is 0 Å². The molecule has 0 aliphatic carbocycles. The maximum absolute atomic E-state index is 11.7. The van der Waals surface area contributed by atoms with Crippen LogP contribution in [0.2, 0.25) is 0 Å². The summed E-state index contributed by atoms with van der Waals surface area (Å²) in [6.45, 7) is 2.74. The fourth-order valence-electron chi connectivity index (χ4n) is 1.80. The zero-order valence-corrected chi connectivity index (χ0v) is 11.9. The van der Waals surface area contributed by atoms with Gasteiger partial charge in [-0.1, -0.05) is 32.3 Å². The van der Waals surface area contributed by atoms with E-state index in [4.69, 9.17) is 14.2 Å². The van der Waals surface area contributed by atoms with E-state index in [9.17, 15) is 4.79 Å². The molecular formula is C15H22O4. The van der Waals surface area contributed by atoms with E-state index >= 15 is 0 Å². The molecule has 1 rings (SSSR count). The van der Waals surface area contributed by atoms with E-state index in [1.807, 2.05) is 0 Å². The van der Waals surface area contributed by atoms with E-state index in [1.165, 1.54) is 20.0 Å². The number of methoxy groups -OCH3 is 2. The minimum absolute atomic E-state index is 0.400. The lowest BCUT2D eigenvalue weighted by Crippen LogP contribution is -2.08. The second-order valence-corrected chi connectivity index (χ2v) is 4.24. The molecule has 0 fully saturated rings. The average Bonchev–Trinajstić information content (AvgIpc) is 2.46. The number of hydrogen-bond donors (Lipinski definition) is 0. The minimum atomic E-state index is -0.414. The molecule has 0 amide bonds. The van der Waals surface area contributed by atoms with Crippen molar-refractivity contribution in [2.75, 3.05) is 20.8 Å². The van der Waals surface area contributed by atoms with Crippen LogP contribution in [-0.2, 0) is 4.74 Å². The first-order chi connectivity index (χ1) is 9.24. The van der Waals surface area contributed by atoms with Crippen LogP contribution in [0.5, 0.6) is 11.5 Å². The molecule has 0 saturated carbocycles. The lowest BCUT2D eigenvalue weighted by atomic mass is 10.2. The predicted octanol–water partition coefficient (Wildman–Crippen LogP) is 3.44. The molecule has 0 bridgehead atoms. The first-order valence-electron chi connectivity index (χ1n) is 6.62. The zero-order valence-electron chi connectivity index (χ0n) is 11.9. The summed E-state index contributed by atoms with van der Waals surface area (Å²) in [5.74, 6) is 0.606. The van der Waals surface area contributed by atoms with Gasteiger partial charge >= 0.3 is 5.97 Å². The van der Waals surface area contributed by atoms with Crippen molar-refractivity contribution in [2.45, 2.75) is 32.6 Å². The third-order valence-corrected chi connectivity index (χ3v) is 2.85. The molecule has 0 N–H and O–H groups in total. The summed E-state index contributed by atoms with van der Waals surface area (Å²) >= 11 is 0. The third-order valence-electron chi connectivity index (χ3n) is 2.85. The van der Waals surface area contributed by atoms with E-state index in [0.29, 0.717) is 23.7 Å². The van der Waals surface area contributed by atoms with E-state index in [0.717, 1.165) is 12.8 Å². The van der Waals surface area contributed by atoms with E-state index in [1.54, 1.807) is 25.3 Å². The smallest absolute Gasteiger partial charge is 0.341 e. The van der Waals surface area contributed by atoms with Crippen molar-refractivity contribution in [3.05, 3.63) is 23.8 Å². The van der Waals surface area contributed by atoms with Crippen molar-refractivity contribution in [1.29, 1.82) is 0 Å². The van der Waals surface area contributed by atoms with Crippen LogP contribution in [0.25, 0.3) is 0 Å². The van der Waals surface area contributed by atoms with Gasteiger partial charge in [0.05, 0.1) is 20.8 Å². The highest BCUT2D eigenvalue weighted by Gasteiger charge is 2.17. The molecule has 0 atom stereocenters. The Bertz CT molecular complexity index is 401. The van der Waals surface area contributed by atoms with Crippen LogP contribution >= 0.6 is 0 Å². The van der Waals surface area contributed by atoms with Gasteiger partial charge in [0.25, 0.3) is 0 Å². The van der Waals surface area contributed by atoms with E-state index < -0.39 is 5.97 Å². The largest absolute Gasteiger partial charge is 0.493 e. The second kappa shape index (κ2) is 8.40. The predicted molar refractivity (Wildman–Crippen MR) is 74.0 cm³/mol. The number of rotatable bonds is 8. The summed E-state index contributed by atoms with van der Waals surface area (Å²) in [5, 5.41) is 0. The molecule has 0 spiro atoms. The number of carbonyl (C=O) groups is 1. The summed E-state index contributed by atoms with van der Waals surface area (Å²) in [6, 6.07) is 5.19. The van der Waals surface area contributed by atoms with Crippen LogP contribution in [0.3, 0.4) is 0 Å². The van der Waals surface area contributed by atoms with Gasteiger partial charge in [0.1, 0.15) is 5.56 Å². The summed E-state index contributed by atoms with van der Waals surface area (Å²) < 4.78 is 15.7. The second-order valence-electron chi connectivity index (χ2n) is 4.24. The SMILES string of the molecule is CCCCCCOc1c(OC)cccc1C(=O)OC. The van der Waals surface area contributed by atoms with Gasteiger partial charge in [-0.2, -0.15) is 0 Å². The summed E-state index contributed by atoms with van der Waals surface area (Å²) in [4.78, 5) is 11.7. The van der Waals surface area contributed by atoms with Gasteiger partial charge in [-0.05, 0) is 18.6 Å². The molecule has 0 radical (unpaired) electrons. The van der Waals surface area contributed by atoms with Gasteiger partial charge in [-0.15, -0.1) is 0 Å². The lowest BCUT2D eigenvalue weighted by molar-refractivity contribution is 0.0595. The molecule has 0 saturated heterocycles. The number of ether oxygens (including phenoxy) is 3. The molecule has 4 nitrogen and oxygen atoms in total. The normalized spacial score (nSPS) is 10.1. The van der Waals surface area contributed by atoms with Gasteiger partial charge in [0, 0.05) is 0 Å². The Kier molecular flexibility index (Phi) is 6.79. The molecule has 0 aliphatic rings. The minimum Gasteiger partial charge on any atom is -0.493 e. The van der Waals surface area contributed by atoms with E-state index in [-0.39, 0.29) is 0 Å². The van der Waals surface area contributed by atoms with Gasteiger partial charge in [-0.25, -0.2) is 4.79 Å². The molecule has 0 aliphatic heterocycles. The van der Waals surface area contributed by atoms with Crippen LogP contribution in [0, 0.1) is 0 Å². The Morgan fingerprint density at radius 2 is 1.95 bits per heavy atom. The molecule has 0 aromatic heterocycles. The molecule has 0 unspecified atom stereocenters. The Hall–Kier alpha value is -1.71. The van der Waals surface area contributed by atoms with Crippen LogP contribution in [0.4, 0.5) is 0 Å². The highest BCUT2D eigenvalue weighted by atomic mass is 16.5. The van der Waals surface area contributed by atoms with Crippen molar-refractivity contribution in [3.63, 3.8) is 0 Å². The fourth-order valence-corrected chi connectivity index (χ4v) is 1.80. The number of unbranched alkanes of at least 4 members (excludes halogenated alkanes) is 3. The fraction of sp³-hybridized carbons (Fsp3) is 0.533. The number of benzene rings is 1. The van der Waals surface area contributed by atoms with Crippen LogP contribution < -0.4 is 9.47 Å². The topological polar surface area (TPSA) is 44.8 Å². The van der Waals surface area contributed by atoms with Crippen LogP contribution in [-0.4, -0.2) is 26.8 Å². The van der Waals surface area contributed by atoms with Gasteiger partial charge < -0.3 is 14.2 Å². The quantitative estimate of drug-likeness (QED) is 0.534. The first kappa shape index (κ1) is 15.3. The van der Waals surface area contributed by atoms with E-state index in [2.05, 4.69) is 6.92 Å². The monoisotopic (exact) mass is 266 g/mol. The van der Waals surface area contributed by atoms with Crippen molar-refractivity contribution in [3.8, 4) is 11.5 Å². The summed E-state index contributed by atoms with van der Waals surface area (Å²) in [6.07, 6.45) is 4.47. The number of hydrogen-bond acceptors (Lipinski definition) is 4. The Morgan fingerprint density at radius 1 is 1.16 bits per heavy atom. The van der Waals surface area contributed by atoms with Crippen LogP contribution in [0.15, 0.2) is 18.2 Å². The van der Waals surface area contributed by atoms with Crippen molar-refractivity contribution < 1.29 is 19.0 Å². The molecule has 106 valence electrons. The number of carbonyl (C=O) groups excluding carboxylic acids is 1.